The zero-order valence-corrected chi connectivity index (χ0v) is 9.62. The van der Waals surface area contributed by atoms with Gasteiger partial charge in [0.1, 0.15) is 0 Å². The first-order valence-corrected chi connectivity index (χ1v) is 6.36. The molecule has 1 nitrogen and oxygen atoms in total. The van der Waals surface area contributed by atoms with Gasteiger partial charge < -0.3 is 0 Å². The molecule has 0 unspecified atom stereocenters. The third-order valence-corrected chi connectivity index (χ3v) is 3.23. The molecular weight excluding hydrogens is 168 g/mol. The molecule has 0 spiro atoms. The maximum absolute atomic E-state index is 11.4. The normalized spacial score (nSPS) is 11.9. The molecule has 0 aromatic carbocycles. The molecular formula is C10H22OS. The van der Waals surface area contributed by atoms with Crippen molar-refractivity contribution in [2.75, 3.05) is 11.5 Å². The second-order valence-electron chi connectivity index (χ2n) is 4.21. The molecule has 2 heteroatoms. The first-order chi connectivity index (χ1) is 5.52. The summed E-state index contributed by atoms with van der Waals surface area (Å²) in [4.78, 5) is 0. The topological polar surface area (TPSA) is 17.1 Å². The minimum absolute atomic E-state index is 0.561. The molecule has 0 rings (SSSR count). The smallest absolute Gasteiger partial charge is 0.0237 e. The van der Waals surface area contributed by atoms with Crippen LogP contribution in [0.4, 0.5) is 0 Å². The van der Waals surface area contributed by atoms with Crippen LogP contribution in [0.2, 0.25) is 0 Å². The van der Waals surface area contributed by atoms with Crippen LogP contribution in [-0.2, 0) is 10.8 Å². The zero-order chi connectivity index (χ0) is 9.56. The fourth-order valence-electron chi connectivity index (χ4n) is 0.836. The average molecular weight is 190 g/mol. The highest BCUT2D eigenvalue weighted by Gasteiger charge is 2.03. The average Bonchev–Trinajstić information content (AvgIpc) is 1.96. The van der Waals surface area contributed by atoms with Gasteiger partial charge in [0.2, 0.25) is 0 Å². The van der Waals surface area contributed by atoms with E-state index in [4.69, 9.17) is 0 Å². The van der Waals surface area contributed by atoms with Crippen LogP contribution in [0.3, 0.4) is 0 Å². The van der Waals surface area contributed by atoms with Gasteiger partial charge in [-0.2, -0.15) is 0 Å². The first-order valence-electron chi connectivity index (χ1n) is 4.87. The maximum atomic E-state index is 11.4. The SMILES string of the molecule is CC(C)CCS(=O)CCC(C)C. The highest BCUT2D eigenvalue weighted by Crippen LogP contribution is 2.04. The lowest BCUT2D eigenvalue weighted by Gasteiger charge is -2.06. The first kappa shape index (κ1) is 12.2. The summed E-state index contributed by atoms with van der Waals surface area (Å²) in [7, 11) is -0.561. The summed E-state index contributed by atoms with van der Waals surface area (Å²) in [6.45, 7) is 8.72. The van der Waals surface area contributed by atoms with Gasteiger partial charge in [-0.3, -0.25) is 4.21 Å². The molecule has 0 aliphatic carbocycles. The summed E-state index contributed by atoms with van der Waals surface area (Å²) in [6, 6.07) is 0. The largest absolute Gasteiger partial charge is 0.260 e. The summed E-state index contributed by atoms with van der Waals surface area (Å²) in [5, 5.41) is 0. The highest BCUT2D eigenvalue weighted by molar-refractivity contribution is 7.84. The van der Waals surface area contributed by atoms with Gasteiger partial charge in [-0.1, -0.05) is 27.7 Å². The van der Waals surface area contributed by atoms with Gasteiger partial charge in [0.05, 0.1) is 0 Å². The van der Waals surface area contributed by atoms with Crippen LogP contribution in [0.1, 0.15) is 40.5 Å². The van der Waals surface area contributed by atoms with Crippen LogP contribution in [0.5, 0.6) is 0 Å². The Kier molecular flexibility index (Phi) is 6.73. The van der Waals surface area contributed by atoms with E-state index in [2.05, 4.69) is 27.7 Å². The van der Waals surface area contributed by atoms with Gasteiger partial charge in [-0.05, 0) is 24.7 Å². The molecule has 0 fully saturated rings. The number of hydrogen-bond acceptors (Lipinski definition) is 1. The maximum Gasteiger partial charge on any atom is 0.0237 e. The van der Waals surface area contributed by atoms with Crippen molar-refractivity contribution in [3.05, 3.63) is 0 Å². The Labute approximate surface area is 79.4 Å². The van der Waals surface area contributed by atoms with Crippen LogP contribution in [0, 0.1) is 11.8 Å². The summed E-state index contributed by atoms with van der Waals surface area (Å²) < 4.78 is 11.4. The van der Waals surface area contributed by atoms with Crippen LogP contribution < -0.4 is 0 Å². The molecule has 0 saturated heterocycles. The van der Waals surface area contributed by atoms with Crippen molar-refractivity contribution < 1.29 is 4.21 Å². The molecule has 12 heavy (non-hydrogen) atoms. The minimum Gasteiger partial charge on any atom is -0.260 e. The molecule has 0 aromatic rings. The molecule has 0 saturated carbocycles. The lowest BCUT2D eigenvalue weighted by molar-refractivity contribution is 0.604. The Morgan fingerprint density at radius 3 is 1.50 bits per heavy atom. The zero-order valence-electron chi connectivity index (χ0n) is 8.80. The highest BCUT2D eigenvalue weighted by atomic mass is 32.2. The second kappa shape index (κ2) is 6.64. The molecule has 0 atom stereocenters. The van der Waals surface area contributed by atoms with E-state index < -0.39 is 10.8 Å². The lowest BCUT2D eigenvalue weighted by atomic mass is 10.2. The third-order valence-electron chi connectivity index (χ3n) is 1.85. The van der Waals surface area contributed by atoms with Gasteiger partial charge in [0.25, 0.3) is 0 Å². The van der Waals surface area contributed by atoms with Gasteiger partial charge in [-0.15, -0.1) is 0 Å². The van der Waals surface area contributed by atoms with E-state index in [0.717, 1.165) is 24.3 Å². The van der Waals surface area contributed by atoms with Crippen molar-refractivity contribution in [3.8, 4) is 0 Å². The van der Waals surface area contributed by atoms with Crippen molar-refractivity contribution in [3.63, 3.8) is 0 Å². The molecule has 0 aliphatic heterocycles. The molecule has 0 heterocycles. The van der Waals surface area contributed by atoms with E-state index in [9.17, 15) is 4.21 Å². The molecule has 0 radical (unpaired) electrons. The number of rotatable bonds is 6. The Morgan fingerprint density at radius 1 is 0.917 bits per heavy atom. The Bertz CT molecular complexity index is 116. The lowest BCUT2D eigenvalue weighted by Crippen LogP contribution is -2.07. The summed E-state index contributed by atoms with van der Waals surface area (Å²) in [5.74, 6) is 3.16. The van der Waals surface area contributed by atoms with Crippen molar-refractivity contribution in [2.24, 2.45) is 11.8 Å². The standard InChI is InChI=1S/C10H22OS/c1-9(2)5-7-12(11)8-6-10(3)4/h9-10H,5-8H2,1-4H3. The Hall–Kier alpha value is 0.150. The Morgan fingerprint density at radius 2 is 1.25 bits per heavy atom. The molecule has 0 aliphatic rings. The van der Waals surface area contributed by atoms with Gasteiger partial charge in [0, 0.05) is 22.3 Å². The van der Waals surface area contributed by atoms with E-state index in [1.807, 2.05) is 0 Å². The van der Waals surface area contributed by atoms with E-state index in [1.165, 1.54) is 0 Å². The summed E-state index contributed by atoms with van der Waals surface area (Å²) >= 11 is 0. The van der Waals surface area contributed by atoms with Gasteiger partial charge in [-0.25, -0.2) is 0 Å². The minimum atomic E-state index is -0.561. The van der Waals surface area contributed by atoms with Crippen LogP contribution in [0.25, 0.3) is 0 Å². The summed E-state index contributed by atoms with van der Waals surface area (Å²) in [6.07, 6.45) is 2.20. The van der Waals surface area contributed by atoms with Crippen molar-refractivity contribution in [1.29, 1.82) is 0 Å². The fourth-order valence-corrected chi connectivity index (χ4v) is 2.51. The second-order valence-corrected chi connectivity index (χ2v) is 5.91. The molecule has 74 valence electrons. The molecule has 0 bridgehead atoms. The predicted molar refractivity (Wildman–Crippen MR) is 56.8 cm³/mol. The van der Waals surface area contributed by atoms with Crippen LogP contribution in [-0.4, -0.2) is 15.7 Å². The molecule has 0 aromatic heterocycles. The van der Waals surface area contributed by atoms with Crippen molar-refractivity contribution >= 4 is 10.8 Å². The van der Waals surface area contributed by atoms with Crippen molar-refractivity contribution in [2.45, 2.75) is 40.5 Å². The summed E-state index contributed by atoms with van der Waals surface area (Å²) in [5.41, 5.74) is 0. The van der Waals surface area contributed by atoms with Gasteiger partial charge in [0.15, 0.2) is 0 Å². The van der Waals surface area contributed by atoms with E-state index in [1.54, 1.807) is 0 Å². The predicted octanol–water partition coefficient (Wildman–Crippen LogP) is 2.83. The van der Waals surface area contributed by atoms with E-state index in [-0.39, 0.29) is 0 Å². The van der Waals surface area contributed by atoms with E-state index >= 15 is 0 Å². The Balaban J connectivity index is 3.34. The number of hydrogen-bond donors (Lipinski definition) is 0. The molecule has 0 N–H and O–H groups in total. The van der Waals surface area contributed by atoms with E-state index in [0.29, 0.717) is 11.8 Å². The molecule has 0 amide bonds. The fraction of sp³-hybridized carbons (Fsp3) is 1.00. The van der Waals surface area contributed by atoms with Gasteiger partial charge >= 0.3 is 0 Å². The van der Waals surface area contributed by atoms with Crippen molar-refractivity contribution in [1.82, 2.24) is 0 Å². The third kappa shape index (κ3) is 8.25. The van der Waals surface area contributed by atoms with Crippen LogP contribution in [0.15, 0.2) is 0 Å². The quantitative estimate of drug-likeness (QED) is 0.629. The monoisotopic (exact) mass is 190 g/mol. The van der Waals surface area contributed by atoms with Crippen LogP contribution >= 0.6 is 0 Å².